The molecule has 1 aromatic carbocycles. The number of likely N-dealkylation sites (N-methyl/N-ethyl adjacent to an activating group) is 1. The van der Waals surface area contributed by atoms with E-state index in [4.69, 9.17) is 0 Å². The molecule has 0 saturated heterocycles. The molecule has 0 aliphatic heterocycles. The molecule has 1 amide bonds. The summed E-state index contributed by atoms with van der Waals surface area (Å²) in [6, 6.07) is 6.18. The molecule has 0 unspecified atom stereocenters. The number of aromatic amines is 1. The number of hydrogen-bond donors (Lipinski definition) is 1. The second-order valence-corrected chi connectivity index (χ2v) is 4.36. The number of rotatable bonds is 3. The minimum Gasteiger partial charge on any atom is -0.346 e. The molecule has 17 heavy (non-hydrogen) atoms. The predicted molar refractivity (Wildman–Crippen MR) is 67.8 cm³/mol. The second kappa shape index (κ2) is 4.57. The number of aryl methyl sites for hydroxylation is 1. The van der Waals surface area contributed by atoms with E-state index in [1.54, 1.807) is 11.8 Å². The largest absolute Gasteiger partial charge is 0.346 e. The van der Waals surface area contributed by atoms with Crippen LogP contribution in [-0.4, -0.2) is 34.4 Å². The Bertz CT molecular complexity index is 545. The fourth-order valence-corrected chi connectivity index (χ4v) is 1.79. The van der Waals surface area contributed by atoms with Crippen molar-refractivity contribution >= 4 is 16.9 Å². The average molecular weight is 231 g/mol. The molecule has 2 aromatic rings. The number of H-pyrrole nitrogens is 1. The number of aromatic nitrogens is 2. The van der Waals surface area contributed by atoms with Gasteiger partial charge in [0.25, 0.3) is 0 Å². The van der Waals surface area contributed by atoms with E-state index in [0.29, 0.717) is 0 Å². The Morgan fingerprint density at radius 1 is 1.47 bits per heavy atom. The summed E-state index contributed by atoms with van der Waals surface area (Å²) < 4.78 is 0. The van der Waals surface area contributed by atoms with E-state index in [2.05, 4.69) is 22.1 Å². The zero-order valence-corrected chi connectivity index (χ0v) is 10.4. The van der Waals surface area contributed by atoms with Crippen LogP contribution >= 0.6 is 0 Å². The lowest BCUT2D eigenvalue weighted by Gasteiger charge is -2.14. The molecule has 4 nitrogen and oxygen atoms in total. The van der Waals surface area contributed by atoms with Gasteiger partial charge in [-0.15, -0.1) is 0 Å². The zero-order chi connectivity index (χ0) is 12.4. The number of nitrogens with one attached hydrogen (secondary N) is 1. The molecule has 0 aliphatic rings. The average Bonchev–Trinajstić information content (AvgIpc) is 2.64. The molecule has 4 heteroatoms. The van der Waals surface area contributed by atoms with Gasteiger partial charge in [-0.3, -0.25) is 4.79 Å². The normalized spacial score (nSPS) is 10.8. The van der Waals surface area contributed by atoms with Gasteiger partial charge in [-0.2, -0.15) is 0 Å². The number of amides is 1. The van der Waals surface area contributed by atoms with E-state index in [1.165, 1.54) is 5.56 Å². The first-order valence-corrected chi connectivity index (χ1v) is 5.73. The summed E-state index contributed by atoms with van der Waals surface area (Å²) in [6.45, 7) is 4.28. The lowest BCUT2D eigenvalue weighted by molar-refractivity contribution is -0.127. The second-order valence-electron chi connectivity index (χ2n) is 4.36. The number of hydrogen-bond acceptors (Lipinski definition) is 2. The molecule has 1 aromatic heterocycles. The van der Waals surface area contributed by atoms with Gasteiger partial charge < -0.3 is 9.88 Å². The summed E-state index contributed by atoms with van der Waals surface area (Å²) in [5.41, 5.74) is 3.27. The maximum absolute atomic E-state index is 11.1. The fourth-order valence-electron chi connectivity index (χ4n) is 1.79. The topological polar surface area (TPSA) is 49.0 Å². The van der Waals surface area contributed by atoms with Gasteiger partial charge in [0.1, 0.15) is 5.82 Å². The minimum absolute atomic E-state index is 0.100. The first-order valence-electron chi connectivity index (χ1n) is 5.73. The first-order chi connectivity index (χ1) is 8.06. The van der Waals surface area contributed by atoms with Gasteiger partial charge >= 0.3 is 0 Å². The number of benzene rings is 1. The van der Waals surface area contributed by atoms with Crippen LogP contribution in [0.3, 0.4) is 0 Å². The van der Waals surface area contributed by atoms with Crippen LogP contribution in [0.25, 0.3) is 11.0 Å². The number of nitrogens with zero attached hydrogens (tertiary/aromatic N) is 2. The fraction of sp³-hybridized carbons (Fsp3) is 0.385. The highest BCUT2D eigenvalue weighted by Crippen LogP contribution is 2.14. The molecule has 0 saturated carbocycles. The molecule has 2 rings (SSSR count). The first kappa shape index (κ1) is 11.6. The van der Waals surface area contributed by atoms with E-state index in [0.717, 1.165) is 29.8 Å². The highest BCUT2D eigenvalue weighted by atomic mass is 16.2. The van der Waals surface area contributed by atoms with E-state index in [1.807, 2.05) is 20.0 Å². The van der Waals surface area contributed by atoms with Crippen molar-refractivity contribution in [3.63, 3.8) is 0 Å². The van der Waals surface area contributed by atoms with E-state index in [9.17, 15) is 4.79 Å². The maximum atomic E-state index is 11.1. The van der Waals surface area contributed by atoms with Gasteiger partial charge in [-0.25, -0.2) is 4.98 Å². The Balaban J connectivity index is 2.11. The van der Waals surface area contributed by atoms with Crippen LogP contribution < -0.4 is 0 Å². The van der Waals surface area contributed by atoms with E-state index >= 15 is 0 Å². The molecule has 0 bridgehead atoms. The monoisotopic (exact) mass is 231 g/mol. The highest BCUT2D eigenvalue weighted by Gasteiger charge is 2.04. The Kier molecular flexibility index (Phi) is 3.13. The van der Waals surface area contributed by atoms with Crippen molar-refractivity contribution in [1.82, 2.24) is 14.9 Å². The molecule has 0 fully saturated rings. The molecule has 0 radical (unpaired) electrons. The number of imidazole rings is 1. The molecule has 1 N–H and O–H groups in total. The van der Waals surface area contributed by atoms with Crippen LogP contribution in [0, 0.1) is 6.92 Å². The quantitative estimate of drug-likeness (QED) is 0.877. The molecule has 0 spiro atoms. The molecule has 0 atom stereocenters. The van der Waals surface area contributed by atoms with Crippen molar-refractivity contribution in [3.8, 4) is 0 Å². The van der Waals surface area contributed by atoms with Crippen LogP contribution in [-0.2, 0) is 11.2 Å². The SMILES string of the molecule is CC(=O)N(C)CCc1ccc2nc(C)[nH]c2c1. The lowest BCUT2D eigenvalue weighted by Crippen LogP contribution is -2.26. The Labute approximate surface area is 101 Å². The van der Waals surface area contributed by atoms with Crippen molar-refractivity contribution in [2.75, 3.05) is 13.6 Å². The smallest absolute Gasteiger partial charge is 0.219 e. The summed E-state index contributed by atoms with van der Waals surface area (Å²) in [4.78, 5) is 20.4. The molecular weight excluding hydrogens is 214 g/mol. The molecule has 0 aliphatic carbocycles. The highest BCUT2D eigenvalue weighted by molar-refractivity contribution is 5.76. The standard InChI is InChI=1S/C13H17N3O/c1-9-14-12-5-4-11(8-13(12)15-9)6-7-16(3)10(2)17/h4-5,8H,6-7H2,1-3H3,(H,14,15). The van der Waals surface area contributed by atoms with Crippen LogP contribution in [0.1, 0.15) is 18.3 Å². The number of fused-ring (bicyclic) bond motifs is 1. The van der Waals surface area contributed by atoms with Gasteiger partial charge in [0, 0.05) is 20.5 Å². The van der Waals surface area contributed by atoms with Crippen molar-refractivity contribution in [3.05, 3.63) is 29.6 Å². The predicted octanol–water partition coefficient (Wildman–Crippen LogP) is 1.89. The van der Waals surface area contributed by atoms with Crippen molar-refractivity contribution in [2.45, 2.75) is 20.3 Å². The summed E-state index contributed by atoms with van der Waals surface area (Å²) in [6.07, 6.45) is 0.865. The van der Waals surface area contributed by atoms with Crippen LogP contribution in [0.15, 0.2) is 18.2 Å². The maximum Gasteiger partial charge on any atom is 0.219 e. The van der Waals surface area contributed by atoms with Gasteiger partial charge in [0.15, 0.2) is 0 Å². The number of carbonyl (C=O) groups excluding carboxylic acids is 1. The Morgan fingerprint density at radius 3 is 2.94 bits per heavy atom. The van der Waals surface area contributed by atoms with Crippen molar-refractivity contribution in [1.29, 1.82) is 0 Å². The Hall–Kier alpha value is -1.84. The third kappa shape index (κ3) is 2.64. The van der Waals surface area contributed by atoms with Crippen LogP contribution in [0.2, 0.25) is 0 Å². The van der Waals surface area contributed by atoms with Crippen molar-refractivity contribution in [2.24, 2.45) is 0 Å². The third-order valence-corrected chi connectivity index (χ3v) is 2.94. The summed E-state index contributed by atoms with van der Waals surface area (Å²) in [5.74, 6) is 1.03. The molecule has 1 heterocycles. The summed E-state index contributed by atoms with van der Waals surface area (Å²) in [5, 5.41) is 0. The van der Waals surface area contributed by atoms with Gasteiger partial charge in [-0.05, 0) is 31.0 Å². The van der Waals surface area contributed by atoms with Gasteiger partial charge in [0.2, 0.25) is 5.91 Å². The zero-order valence-electron chi connectivity index (χ0n) is 10.4. The third-order valence-electron chi connectivity index (χ3n) is 2.94. The Morgan fingerprint density at radius 2 is 2.24 bits per heavy atom. The van der Waals surface area contributed by atoms with Crippen molar-refractivity contribution < 1.29 is 4.79 Å². The van der Waals surface area contributed by atoms with E-state index in [-0.39, 0.29) is 5.91 Å². The minimum atomic E-state index is 0.100. The van der Waals surface area contributed by atoms with Gasteiger partial charge in [0.05, 0.1) is 11.0 Å². The number of carbonyl (C=O) groups is 1. The van der Waals surface area contributed by atoms with E-state index < -0.39 is 0 Å². The summed E-state index contributed by atoms with van der Waals surface area (Å²) >= 11 is 0. The lowest BCUT2D eigenvalue weighted by atomic mass is 10.1. The summed E-state index contributed by atoms with van der Waals surface area (Å²) in [7, 11) is 1.82. The van der Waals surface area contributed by atoms with Crippen LogP contribution in [0.4, 0.5) is 0 Å². The molecular formula is C13H17N3O. The van der Waals surface area contributed by atoms with Crippen LogP contribution in [0.5, 0.6) is 0 Å². The molecule has 90 valence electrons. The van der Waals surface area contributed by atoms with Gasteiger partial charge in [-0.1, -0.05) is 6.07 Å².